The zero-order valence-corrected chi connectivity index (χ0v) is 18.5. The van der Waals surface area contributed by atoms with Gasteiger partial charge in [0.25, 0.3) is 5.56 Å². The highest BCUT2D eigenvalue weighted by atomic mass is 32.2. The number of ether oxygens (including phenoxy) is 1. The second kappa shape index (κ2) is 7.65. The maximum absolute atomic E-state index is 13.7. The van der Waals surface area contributed by atoms with Gasteiger partial charge in [0.2, 0.25) is 0 Å². The minimum Gasteiger partial charge on any atom is -0.369 e. The van der Waals surface area contributed by atoms with Crippen molar-refractivity contribution in [1.29, 1.82) is 0 Å². The average Bonchev–Trinajstić information content (AvgIpc) is 3.05. The molecule has 2 aromatic heterocycles. The summed E-state index contributed by atoms with van der Waals surface area (Å²) in [6.45, 7) is 9.05. The van der Waals surface area contributed by atoms with E-state index in [1.165, 1.54) is 5.56 Å². The Morgan fingerprint density at radius 1 is 1.29 bits per heavy atom. The molecule has 4 nitrogen and oxygen atoms in total. The Labute approximate surface area is 174 Å². The molecule has 1 aromatic carbocycles. The highest BCUT2D eigenvalue weighted by molar-refractivity contribution is 7.99. The van der Waals surface area contributed by atoms with Crippen LogP contribution < -0.4 is 5.56 Å². The molecular formula is C22H26N2O2S2. The van der Waals surface area contributed by atoms with Gasteiger partial charge in [-0.1, -0.05) is 43.3 Å². The lowest BCUT2D eigenvalue weighted by molar-refractivity contribution is -0.0543. The van der Waals surface area contributed by atoms with Gasteiger partial charge < -0.3 is 4.74 Å². The first-order valence-corrected chi connectivity index (χ1v) is 11.7. The topological polar surface area (TPSA) is 44.1 Å². The van der Waals surface area contributed by atoms with Gasteiger partial charge in [-0.15, -0.1) is 11.3 Å². The highest BCUT2D eigenvalue weighted by Crippen LogP contribution is 2.39. The van der Waals surface area contributed by atoms with Gasteiger partial charge in [-0.2, -0.15) is 0 Å². The molecule has 1 aliphatic heterocycles. The maximum Gasteiger partial charge on any atom is 0.267 e. The van der Waals surface area contributed by atoms with Gasteiger partial charge in [-0.3, -0.25) is 9.36 Å². The lowest BCUT2D eigenvalue weighted by atomic mass is 9.90. The molecule has 0 N–H and O–H groups in total. The number of rotatable bonds is 5. The molecule has 3 aromatic rings. The predicted molar refractivity (Wildman–Crippen MR) is 118 cm³/mol. The van der Waals surface area contributed by atoms with Crippen molar-refractivity contribution >= 4 is 33.3 Å². The number of nitrogens with zero attached hydrogens (tertiary/aromatic N) is 2. The summed E-state index contributed by atoms with van der Waals surface area (Å²) in [6.07, 6.45) is 2.73. The molecule has 0 saturated heterocycles. The lowest BCUT2D eigenvalue weighted by Crippen LogP contribution is -2.34. The van der Waals surface area contributed by atoms with E-state index in [1.807, 2.05) is 24.3 Å². The van der Waals surface area contributed by atoms with Gasteiger partial charge in [0.05, 0.1) is 23.3 Å². The summed E-state index contributed by atoms with van der Waals surface area (Å²) in [5.74, 6) is 0.936. The molecule has 28 heavy (non-hydrogen) atoms. The van der Waals surface area contributed by atoms with Crippen molar-refractivity contribution in [3.05, 3.63) is 50.6 Å². The van der Waals surface area contributed by atoms with E-state index in [0.717, 1.165) is 56.5 Å². The lowest BCUT2D eigenvalue weighted by Gasteiger charge is -2.32. The Kier molecular flexibility index (Phi) is 5.38. The van der Waals surface area contributed by atoms with Crippen LogP contribution in [0.4, 0.5) is 0 Å². The molecule has 4 rings (SSSR count). The fraction of sp³-hybridized carbons (Fsp3) is 0.455. The Balaban J connectivity index is 1.96. The van der Waals surface area contributed by atoms with Gasteiger partial charge in [0.1, 0.15) is 4.83 Å². The van der Waals surface area contributed by atoms with Crippen LogP contribution in [0.3, 0.4) is 0 Å². The molecule has 0 amide bonds. The monoisotopic (exact) mass is 414 g/mol. The van der Waals surface area contributed by atoms with Crippen LogP contribution in [0.2, 0.25) is 0 Å². The van der Waals surface area contributed by atoms with E-state index in [1.54, 1.807) is 27.7 Å². The van der Waals surface area contributed by atoms with Crippen LogP contribution in [0, 0.1) is 6.92 Å². The minimum absolute atomic E-state index is 0.0466. The molecule has 148 valence electrons. The number of thiophene rings is 1. The van der Waals surface area contributed by atoms with Crippen LogP contribution in [0.1, 0.15) is 49.6 Å². The summed E-state index contributed by atoms with van der Waals surface area (Å²) >= 11 is 3.27. The van der Waals surface area contributed by atoms with E-state index in [-0.39, 0.29) is 11.2 Å². The number of hydrogen-bond acceptors (Lipinski definition) is 5. The summed E-state index contributed by atoms with van der Waals surface area (Å²) in [5.41, 5.74) is 3.04. The van der Waals surface area contributed by atoms with Crippen molar-refractivity contribution in [2.75, 3.05) is 5.75 Å². The standard InChI is InChI=1S/C22H26N2O2S2/c1-5-11-27-21-23-19-18(16-12-22(4,6-2)26-13-17(16)28-19)20(25)24(21)15-9-7-14(3)8-10-15/h7-10H,5-6,11-13H2,1-4H3/t22-/m0/s1. The number of fused-ring (bicyclic) bond motifs is 3. The van der Waals surface area contributed by atoms with E-state index in [9.17, 15) is 4.79 Å². The zero-order chi connectivity index (χ0) is 19.9. The van der Waals surface area contributed by atoms with Crippen LogP contribution in [0.15, 0.2) is 34.2 Å². The summed E-state index contributed by atoms with van der Waals surface area (Å²) in [4.78, 5) is 20.6. The van der Waals surface area contributed by atoms with Gasteiger partial charge in [-0.25, -0.2) is 4.98 Å². The molecule has 6 heteroatoms. The van der Waals surface area contributed by atoms with E-state index in [4.69, 9.17) is 9.72 Å². The second-order valence-corrected chi connectivity index (χ2v) is 9.82. The van der Waals surface area contributed by atoms with E-state index >= 15 is 0 Å². The van der Waals surface area contributed by atoms with Gasteiger partial charge in [-0.05, 0) is 44.4 Å². The quantitative estimate of drug-likeness (QED) is 0.408. The molecule has 0 radical (unpaired) electrons. The number of aromatic nitrogens is 2. The third-order valence-corrected chi connectivity index (χ3v) is 7.70. The Morgan fingerprint density at radius 3 is 2.71 bits per heavy atom. The van der Waals surface area contributed by atoms with Crippen LogP contribution >= 0.6 is 23.1 Å². The van der Waals surface area contributed by atoms with Crippen molar-refractivity contribution in [2.24, 2.45) is 0 Å². The first-order chi connectivity index (χ1) is 13.5. The number of hydrogen-bond donors (Lipinski definition) is 0. The summed E-state index contributed by atoms with van der Waals surface area (Å²) in [6, 6.07) is 8.12. The number of aryl methyl sites for hydroxylation is 1. The minimum atomic E-state index is -0.211. The number of benzene rings is 1. The van der Waals surface area contributed by atoms with Crippen LogP contribution in [-0.4, -0.2) is 20.9 Å². The zero-order valence-electron chi connectivity index (χ0n) is 16.9. The average molecular weight is 415 g/mol. The van der Waals surface area contributed by atoms with Gasteiger partial charge >= 0.3 is 0 Å². The van der Waals surface area contributed by atoms with Crippen molar-refractivity contribution in [3.8, 4) is 5.69 Å². The summed E-state index contributed by atoms with van der Waals surface area (Å²) in [7, 11) is 0. The molecule has 0 fully saturated rings. The molecule has 0 saturated carbocycles. The highest BCUT2D eigenvalue weighted by Gasteiger charge is 2.33. The first-order valence-electron chi connectivity index (χ1n) is 9.87. The van der Waals surface area contributed by atoms with Crippen molar-refractivity contribution in [3.63, 3.8) is 0 Å². The van der Waals surface area contributed by atoms with Crippen molar-refractivity contribution < 1.29 is 4.74 Å². The molecule has 1 aliphatic rings. The van der Waals surface area contributed by atoms with Crippen LogP contribution in [0.25, 0.3) is 15.9 Å². The fourth-order valence-electron chi connectivity index (χ4n) is 3.54. The molecular weight excluding hydrogens is 388 g/mol. The van der Waals surface area contributed by atoms with E-state index in [2.05, 4.69) is 27.7 Å². The third-order valence-electron chi connectivity index (χ3n) is 5.46. The second-order valence-electron chi connectivity index (χ2n) is 7.67. The molecule has 1 atom stereocenters. The normalized spacial score (nSPS) is 19.1. The SMILES string of the molecule is CCCSc1nc2sc3c(c2c(=O)n1-c1ccc(C)cc1)C[C@](C)(CC)OC3. The van der Waals surface area contributed by atoms with Crippen LogP contribution in [-0.2, 0) is 17.8 Å². The Bertz CT molecular complexity index is 1070. The predicted octanol–water partition coefficient (Wildman–Crippen LogP) is 5.50. The van der Waals surface area contributed by atoms with Gasteiger partial charge in [0.15, 0.2) is 5.16 Å². The fourth-order valence-corrected chi connectivity index (χ4v) is 5.55. The summed E-state index contributed by atoms with van der Waals surface area (Å²) < 4.78 is 7.90. The smallest absolute Gasteiger partial charge is 0.267 e. The van der Waals surface area contributed by atoms with E-state index < -0.39 is 0 Å². The van der Waals surface area contributed by atoms with E-state index in [0.29, 0.717) is 6.61 Å². The maximum atomic E-state index is 13.7. The summed E-state index contributed by atoms with van der Waals surface area (Å²) in [5, 5.41) is 1.56. The van der Waals surface area contributed by atoms with Gasteiger partial charge in [0, 0.05) is 17.1 Å². The molecule has 0 spiro atoms. The molecule has 0 aliphatic carbocycles. The van der Waals surface area contributed by atoms with Crippen molar-refractivity contribution in [1.82, 2.24) is 9.55 Å². The number of thioether (sulfide) groups is 1. The van der Waals surface area contributed by atoms with Crippen molar-refractivity contribution in [2.45, 2.75) is 64.3 Å². The molecule has 0 bridgehead atoms. The molecule has 0 unspecified atom stereocenters. The third kappa shape index (κ3) is 3.42. The Hall–Kier alpha value is -1.63. The van der Waals surface area contributed by atoms with Crippen LogP contribution in [0.5, 0.6) is 0 Å². The molecule has 3 heterocycles. The first kappa shape index (κ1) is 19.7. The Morgan fingerprint density at radius 2 is 2.04 bits per heavy atom. The largest absolute Gasteiger partial charge is 0.369 e.